The van der Waals surface area contributed by atoms with E-state index >= 15 is 0 Å². The minimum Gasteiger partial charge on any atom is -0.389 e. The van der Waals surface area contributed by atoms with E-state index < -0.39 is 0 Å². The molecule has 2 rings (SSSR count). The Kier molecular flexibility index (Phi) is 4.59. The molecule has 0 bridgehead atoms. The summed E-state index contributed by atoms with van der Waals surface area (Å²) in [5, 5.41) is 0. The molecule has 2 N–H and O–H groups in total. The molecule has 2 nitrogen and oxygen atoms in total. The second kappa shape index (κ2) is 5.99. The van der Waals surface area contributed by atoms with Crippen LogP contribution in [0.5, 0.6) is 0 Å². The lowest BCUT2D eigenvalue weighted by Crippen LogP contribution is -2.39. The van der Waals surface area contributed by atoms with Crippen LogP contribution in [0.4, 0.5) is 4.39 Å². The Labute approximate surface area is 117 Å². The molecule has 98 valence electrons. The van der Waals surface area contributed by atoms with Gasteiger partial charge >= 0.3 is 0 Å². The van der Waals surface area contributed by atoms with Crippen molar-refractivity contribution >= 4 is 29.0 Å². The van der Waals surface area contributed by atoms with E-state index in [0.717, 1.165) is 18.1 Å². The first-order chi connectivity index (χ1) is 8.58. The van der Waals surface area contributed by atoms with Crippen LogP contribution in [0, 0.1) is 5.82 Å². The number of nitrogens with two attached hydrogens (primary N) is 1. The standard InChI is InChI=1S/C13H17FN2S2/c1-9-8-18-5-4-16(9)7-11-3-2-10(13(15)17)6-12(11)14/h2-3,6,9H,4-5,7-8H2,1H3,(H2,15,17). The smallest absolute Gasteiger partial charge is 0.128 e. The third-order valence-corrected chi connectivity index (χ3v) is 4.64. The average Bonchev–Trinajstić information content (AvgIpc) is 2.34. The molecule has 1 aromatic rings. The summed E-state index contributed by atoms with van der Waals surface area (Å²) in [4.78, 5) is 2.55. The van der Waals surface area contributed by atoms with Crippen LogP contribution in [0.3, 0.4) is 0 Å². The molecule has 1 aliphatic rings. The van der Waals surface area contributed by atoms with Crippen molar-refractivity contribution in [3.63, 3.8) is 0 Å². The molecule has 1 unspecified atom stereocenters. The number of thioether (sulfide) groups is 1. The van der Waals surface area contributed by atoms with Gasteiger partial charge in [-0.05, 0) is 13.0 Å². The Balaban J connectivity index is 2.11. The summed E-state index contributed by atoms with van der Waals surface area (Å²) >= 11 is 6.80. The van der Waals surface area contributed by atoms with Crippen LogP contribution in [0.1, 0.15) is 18.1 Å². The fourth-order valence-electron chi connectivity index (χ4n) is 2.04. The van der Waals surface area contributed by atoms with Gasteiger partial charge in [0.2, 0.25) is 0 Å². The van der Waals surface area contributed by atoms with E-state index in [4.69, 9.17) is 18.0 Å². The van der Waals surface area contributed by atoms with Gasteiger partial charge in [-0.15, -0.1) is 0 Å². The van der Waals surface area contributed by atoms with Gasteiger partial charge < -0.3 is 5.73 Å². The topological polar surface area (TPSA) is 29.3 Å². The molecule has 0 saturated carbocycles. The van der Waals surface area contributed by atoms with Crippen molar-refractivity contribution in [3.05, 3.63) is 35.1 Å². The third kappa shape index (κ3) is 3.22. The normalized spacial score (nSPS) is 20.9. The predicted octanol–water partition coefficient (Wildman–Crippen LogP) is 2.40. The first-order valence-electron chi connectivity index (χ1n) is 5.98. The van der Waals surface area contributed by atoms with E-state index in [0.29, 0.717) is 23.7 Å². The molecule has 0 amide bonds. The minimum atomic E-state index is -0.217. The predicted molar refractivity (Wildman–Crippen MR) is 79.5 cm³/mol. The monoisotopic (exact) mass is 284 g/mol. The Bertz CT molecular complexity index is 451. The lowest BCUT2D eigenvalue weighted by atomic mass is 10.1. The van der Waals surface area contributed by atoms with Gasteiger partial charge in [0.1, 0.15) is 10.8 Å². The molecular weight excluding hydrogens is 267 g/mol. The molecule has 0 radical (unpaired) electrons. The van der Waals surface area contributed by atoms with E-state index in [1.807, 2.05) is 11.8 Å². The van der Waals surface area contributed by atoms with E-state index in [2.05, 4.69) is 11.8 Å². The molecule has 18 heavy (non-hydrogen) atoms. The Morgan fingerprint density at radius 1 is 1.61 bits per heavy atom. The number of halogens is 1. The van der Waals surface area contributed by atoms with E-state index in [1.54, 1.807) is 12.1 Å². The van der Waals surface area contributed by atoms with Gasteiger partial charge in [0.15, 0.2) is 0 Å². The van der Waals surface area contributed by atoms with Crippen molar-refractivity contribution < 1.29 is 4.39 Å². The van der Waals surface area contributed by atoms with Gasteiger partial charge in [0.05, 0.1) is 0 Å². The highest BCUT2D eigenvalue weighted by Gasteiger charge is 2.19. The molecule has 1 heterocycles. The maximum atomic E-state index is 13.9. The molecule has 1 atom stereocenters. The third-order valence-electron chi connectivity index (χ3n) is 3.22. The van der Waals surface area contributed by atoms with Gasteiger partial charge in [-0.3, -0.25) is 4.90 Å². The number of hydrogen-bond acceptors (Lipinski definition) is 3. The van der Waals surface area contributed by atoms with Crippen molar-refractivity contribution in [1.82, 2.24) is 4.90 Å². The van der Waals surface area contributed by atoms with Gasteiger partial charge in [-0.2, -0.15) is 11.8 Å². The highest BCUT2D eigenvalue weighted by molar-refractivity contribution is 7.99. The van der Waals surface area contributed by atoms with Crippen LogP contribution in [-0.2, 0) is 6.54 Å². The van der Waals surface area contributed by atoms with Crippen molar-refractivity contribution in [2.45, 2.75) is 19.5 Å². The first-order valence-corrected chi connectivity index (χ1v) is 7.54. The number of thiocarbonyl (C=S) groups is 1. The maximum Gasteiger partial charge on any atom is 0.128 e. The second-order valence-corrected chi connectivity index (χ2v) is 6.15. The lowest BCUT2D eigenvalue weighted by Gasteiger charge is -2.33. The molecular formula is C13H17FN2S2. The second-order valence-electron chi connectivity index (χ2n) is 4.56. The van der Waals surface area contributed by atoms with Gasteiger partial charge in [-0.1, -0.05) is 24.4 Å². The van der Waals surface area contributed by atoms with Crippen LogP contribution < -0.4 is 5.73 Å². The summed E-state index contributed by atoms with van der Waals surface area (Å²) in [7, 11) is 0. The minimum absolute atomic E-state index is 0.217. The molecule has 0 aliphatic carbocycles. The van der Waals surface area contributed by atoms with Gasteiger partial charge in [0.25, 0.3) is 0 Å². The van der Waals surface area contributed by atoms with Crippen molar-refractivity contribution in [3.8, 4) is 0 Å². The highest BCUT2D eigenvalue weighted by atomic mass is 32.2. The van der Waals surface area contributed by atoms with Crippen LogP contribution in [0.25, 0.3) is 0 Å². The molecule has 1 aromatic carbocycles. The molecule has 1 aliphatic heterocycles. The van der Waals surface area contributed by atoms with Gasteiger partial charge in [-0.25, -0.2) is 4.39 Å². The summed E-state index contributed by atoms with van der Waals surface area (Å²) < 4.78 is 13.9. The first kappa shape index (κ1) is 13.8. The Morgan fingerprint density at radius 3 is 3.00 bits per heavy atom. The Hall–Kier alpha value is -0.650. The van der Waals surface area contributed by atoms with Crippen LogP contribution in [0.15, 0.2) is 18.2 Å². The summed E-state index contributed by atoms with van der Waals surface area (Å²) in [6, 6.07) is 5.52. The van der Waals surface area contributed by atoms with Crippen molar-refractivity contribution in [2.75, 3.05) is 18.1 Å². The summed E-state index contributed by atoms with van der Waals surface area (Å²) in [6.45, 7) is 3.86. The van der Waals surface area contributed by atoms with Gasteiger partial charge in [0, 0.05) is 41.8 Å². The van der Waals surface area contributed by atoms with Crippen LogP contribution in [-0.4, -0.2) is 34.0 Å². The largest absolute Gasteiger partial charge is 0.389 e. The molecule has 1 saturated heterocycles. The SMILES string of the molecule is CC1CSCCN1Cc1ccc(C(N)=S)cc1F. The number of rotatable bonds is 3. The summed E-state index contributed by atoms with van der Waals surface area (Å²) in [6.07, 6.45) is 0. The fourth-order valence-corrected chi connectivity index (χ4v) is 3.25. The zero-order valence-corrected chi connectivity index (χ0v) is 12.0. The number of benzene rings is 1. The number of hydrogen-bond donors (Lipinski definition) is 1. The van der Waals surface area contributed by atoms with E-state index in [9.17, 15) is 4.39 Å². The maximum absolute atomic E-state index is 13.9. The summed E-state index contributed by atoms with van der Waals surface area (Å²) in [5.74, 6) is 2.02. The molecule has 0 spiro atoms. The van der Waals surface area contributed by atoms with Crippen LogP contribution >= 0.6 is 24.0 Å². The zero-order chi connectivity index (χ0) is 13.1. The van der Waals surface area contributed by atoms with Crippen molar-refractivity contribution in [2.24, 2.45) is 5.73 Å². The van der Waals surface area contributed by atoms with Crippen LogP contribution in [0.2, 0.25) is 0 Å². The fraction of sp³-hybridized carbons (Fsp3) is 0.462. The zero-order valence-electron chi connectivity index (χ0n) is 10.4. The van der Waals surface area contributed by atoms with E-state index in [1.165, 1.54) is 6.07 Å². The molecule has 5 heteroatoms. The van der Waals surface area contributed by atoms with Crippen molar-refractivity contribution in [1.29, 1.82) is 0 Å². The Morgan fingerprint density at radius 2 is 2.39 bits per heavy atom. The number of nitrogens with zero attached hydrogens (tertiary/aromatic N) is 1. The average molecular weight is 284 g/mol. The molecule has 1 fully saturated rings. The molecule has 0 aromatic heterocycles. The highest BCUT2D eigenvalue weighted by Crippen LogP contribution is 2.20. The lowest BCUT2D eigenvalue weighted by molar-refractivity contribution is 0.221. The quantitative estimate of drug-likeness (QED) is 0.863. The van der Waals surface area contributed by atoms with E-state index in [-0.39, 0.29) is 10.8 Å². The summed E-state index contributed by atoms with van der Waals surface area (Å²) in [5.41, 5.74) is 6.80.